The van der Waals surface area contributed by atoms with Gasteiger partial charge < -0.3 is 5.32 Å². The number of thiol groups is 1. The molecule has 1 N–H and O–H groups in total. The summed E-state index contributed by atoms with van der Waals surface area (Å²) in [4.78, 5) is 12.7. The van der Waals surface area contributed by atoms with Crippen molar-refractivity contribution in [3.05, 3.63) is 29.6 Å². The quantitative estimate of drug-likeness (QED) is 0.789. The minimum Gasteiger partial charge on any atom is -0.349 e. The van der Waals surface area contributed by atoms with Crippen LogP contribution in [0.15, 0.2) is 23.1 Å². The first kappa shape index (κ1) is 14.4. The number of amides is 1. The Morgan fingerprint density at radius 2 is 1.79 bits per heavy atom. The summed E-state index contributed by atoms with van der Waals surface area (Å²) >= 11 is 4.15. The third-order valence-corrected chi connectivity index (χ3v) is 3.91. The summed E-state index contributed by atoms with van der Waals surface area (Å²) in [6.07, 6.45) is 8.01. The zero-order valence-corrected chi connectivity index (χ0v) is 11.9. The molecule has 1 aromatic carbocycles. The fourth-order valence-electron chi connectivity index (χ4n) is 2.55. The SMILES string of the molecule is O=C(NC1CCCCCCC1)c1cc(S)ccc1F. The summed E-state index contributed by atoms with van der Waals surface area (Å²) in [5.74, 6) is -0.805. The minimum atomic E-state index is -0.485. The van der Waals surface area contributed by atoms with E-state index in [1.165, 1.54) is 31.4 Å². The van der Waals surface area contributed by atoms with Gasteiger partial charge >= 0.3 is 0 Å². The van der Waals surface area contributed by atoms with Gasteiger partial charge in [-0.3, -0.25) is 4.79 Å². The average Bonchev–Trinajstić information content (AvgIpc) is 2.35. The van der Waals surface area contributed by atoms with Gasteiger partial charge in [-0.25, -0.2) is 4.39 Å². The lowest BCUT2D eigenvalue weighted by Crippen LogP contribution is -2.35. The first-order chi connectivity index (χ1) is 9.16. The van der Waals surface area contributed by atoms with Gasteiger partial charge in [0.1, 0.15) is 5.82 Å². The molecule has 1 saturated carbocycles. The summed E-state index contributed by atoms with van der Waals surface area (Å²) in [6, 6.07) is 4.49. The van der Waals surface area contributed by atoms with E-state index in [2.05, 4.69) is 17.9 Å². The third kappa shape index (κ3) is 4.23. The summed E-state index contributed by atoms with van der Waals surface area (Å²) in [6.45, 7) is 0. The van der Waals surface area contributed by atoms with Crippen LogP contribution in [-0.4, -0.2) is 11.9 Å². The summed E-state index contributed by atoms with van der Waals surface area (Å²) < 4.78 is 13.6. The molecule has 2 rings (SSSR count). The smallest absolute Gasteiger partial charge is 0.254 e. The van der Waals surface area contributed by atoms with E-state index in [1.807, 2.05) is 0 Å². The number of carbonyl (C=O) groups is 1. The Bertz CT molecular complexity index is 442. The maximum atomic E-state index is 13.6. The van der Waals surface area contributed by atoms with Gasteiger partial charge in [0, 0.05) is 10.9 Å². The molecule has 104 valence electrons. The van der Waals surface area contributed by atoms with Crippen molar-refractivity contribution in [1.82, 2.24) is 5.32 Å². The number of hydrogen-bond donors (Lipinski definition) is 2. The Morgan fingerprint density at radius 1 is 1.16 bits per heavy atom. The van der Waals surface area contributed by atoms with Crippen molar-refractivity contribution in [2.24, 2.45) is 0 Å². The number of rotatable bonds is 2. The van der Waals surface area contributed by atoms with Crippen molar-refractivity contribution in [3.8, 4) is 0 Å². The van der Waals surface area contributed by atoms with Gasteiger partial charge in [0.15, 0.2) is 0 Å². The van der Waals surface area contributed by atoms with Crippen LogP contribution in [0.2, 0.25) is 0 Å². The highest BCUT2D eigenvalue weighted by atomic mass is 32.1. The molecule has 1 amide bonds. The van der Waals surface area contributed by atoms with Crippen LogP contribution in [0.4, 0.5) is 4.39 Å². The Morgan fingerprint density at radius 3 is 2.47 bits per heavy atom. The second-order valence-corrected chi connectivity index (χ2v) is 5.70. The molecule has 1 aromatic rings. The van der Waals surface area contributed by atoms with Crippen LogP contribution < -0.4 is 5.32 Å². The Labute approximate surface area is 119 Å². The third-order valence-electron chi connectivity index (χ3n) is 3.63. The number of nitrogens with one attached hydrogen (secondary N) is 1. The maximum absolute atomic E-state index is 13.6. The molecule has 0 aromatic heterocycles. The van der Waals surface area contributed by atoms with Crippen LogP contribution in [0.3, 0.4) is 0 Å². The summed E-state index contributed by atoms with van der Waals surface area (Å²) in [5, 5.41) is 2.96. The van der Waals surface area contributed by atoms with Crippen LogP contribution in [0.25, 0.3) is 0 Å². The Balaban J connectivity index is 2.00. The van der Waals surface area contributed by atoms with Gasteiger partial charge in [-0.05, 0) is 31.0 Å². The van der Waals surface area contributed by atoms with Crippen LogP contribution in [0.1, 0.15) is 55.3 Å². The van der Waals surface area contributed by atoms with Gasteiger partial charge in [-0.1, -0.05) is 32.1 Å². The van der Waals surface area contributed by atoms with E-state index in [9.17, 15) is 9.18 Å². The zero-order valence-electron chi connectivity index (χ0n) is 11.0. The van der Waals surface area contributed by atoms with E-state index >= 15 is 0 Å². The normalized spacial score (nSPS) is 17.6. The number of carbonyl (C=O) groups excluding carboxylic acids is 1. The number of halogens is 1. The van der Waals surface area contributed by atoms with Gasteiger partial charge in [-0.2, -0.15) is 0 Å². The van der Waals surface area contributed by atoms with Gasteiger partial charge in [0.05, 0.1) is 5.56 Å². The van der Waals surface area contributed by atoms with E-state index in [-0.39, 0.29) is 17.5 Å². The summed E-state index contributed by atoms with van der Waals surface area (Å²) in [7, 11) is 0. The van der Waals surface area contributed by atoms with E-state index in [0.717, 1.165) is 25.7 Å². The van der Waals surface area contributed by atoms with Crippen LogP contribution in [-0.2, 0) is 0 Å². The molecule has 4 heteroatoms. The van der Waals surface area contributed by atoms with E-state index < -0.39 is 5.82 Å². The van der Waals surface area contributed by atoms with Gasteiger partial charge in [0.2, 0.25) is 0 Å². The van der Waals surface area contributed by atoms with E-state index in [4.69, 9.17) is 0 Å². The van der Waals surface area contributed by atoms with Gasteiger partial charge in [-0.15, -0.1) is 12.6 Å². The Hall–Kier alpha value is -1.03. The van der Waals surface area contributed by atoms with Crippen LogP contribution in [0, 0.1) is 5.82 Å². The molecular weight excluding hydrogens is 261 g/mol. The zero-order chi connectivity index (χ0) is 13.7. The fourth-order valence-corrected chi connectivity index (χ4v) is 2.75. The second kappa shape index (κ2) is 6.94. The van der Waals surface area contributed by atoms with Crippen LogP contribution >= 0.6 is 12.6 Å². The highest BCUT2D eigenvalue weighted by Crippen LogP contribution is 2.18. The standard InChI is InChI=1S/C15H20FNOS/c16-14-9-8-12(19)10-13(14)15(18)17-11-6-4-2-1-3-5-7-11/h8-11,19H,1-7H2,(H,17,18). The molecule has 0 radical (unpaired) electrons. The highest BCUT2D eigenvalue weighted by molar-refractivity contribution is 7.80. The molecular formula is C15H20FNOS. The van der Waals surface area contributed by atoms with Crippen molar-refractivity contribution in [2.45, 2.75) is 55.9 Å². The molecule has 0 spiro atoms. The van der Waals surface area contributed by atoms with Crippen LogP contribution in [0.5, 0.6) is 0 Å². The summed E-state index contributed by atoms with van der Waals surface area (Å²) in [5.41, 5.74) is 0.0922. The monoisotopic (exact) mass is 281 g/mol. The molecule has 0 bridgehead atoms. The fraction of sp³-hybridized carbons (Fsp3) is 0.533. The van der Waals surface area contributed by atoms with E-state index in [1.54, 1.807) is 6.07 Å². The average molecular weight is 281 g/mol. The molecule has 0 saturated heterocycles. The molecule has 1 aliphatic carbocycles. The highest BCUT2D eigenvalue weighted by Gasteiger charge is 2.17. The molecule has 1 fully saturated rings. The lowest BCUT2D eigenvalue weighted by Gasteiger charge is -2.21. The minimum absolute atomic E-state index is 0.0922. The molecule has 0 aliphatic heterocycles. The van der Waals surface area contributed by atoms with Crippen molar-refractivity contribution in [1.29, 1.82) is 0 Å². The lowest BCUT2D eigenvalue weighted by molar-refractivity contribution is 0.0926. The molecule has 0 unspecified atom stereocenters. The Kier molecular flexibility index (Phi) is 5.25. The topological polar surface area (TPSA) is 29.1 Å². The second-order valence-electron chi connectivity index (χ2n) is 5.18. The molecule has 0 heterocycles. The van der Waals surface area contributed by atoms with Crippen molar-refractivity contribution < 1.29 is 9.18 Å². The number of hydrogen-bond acceptors (Lipinski definition) is 2. The molecule has 0 atom stereocenters. The molecule has 19 heavy (non-hydrogen) atoms. The van der Waals surface area contributed by atoms with E-state index in [0.29, 0.717) is 4.90 Å². The van der Waals surface area contributed by atoms with Crippen molar-refractivity contribution in [3.63, 3.8) is 0 Å². The number of benzene rings is 1. The largest absolute Gasteiger partial charge is 0.349 e. The van der Waals surface area contributed by atoms with Crippen molar-refractivity contribution >= 4 is 18.5 Å². The first-order valence-corrected chi connectivity index (χ1v) is 7.41. The predicted octanol–water partition coefficient (Wildman–Crippen LogP) is 3.96. The first-order valence-electron chi connectivity index (χ1n) is 6.96. The predicted molar refractivity (Wildman–Crippen MR) is 77.2 cm³/mol. The van der Waals surface area contributed by atoms with Crippen molar-refractivity contribution in [2.75, 3.05) is 0 Å². The van der Waals surface area contributed by atoms with Gasteiger partial charge in [0.25, 0.3) is 5.91 Å². The molecule has 2 nitrogen and oxygen atoms in total. The molecule has 1 aliphatic rings. The maximum Gasteiger partial charge on any atom is 0.254 e. The lowest BCUT2D eigenvalue weighted by atomic mass is 9.96.